The van der Waals surface area contributed by atoms with Crippen molar-refractivity contribution in [3.8, 4) is 0 Å². The molecule has 1 fully saturated rings. The van der Waals surface area contributed by atoms with Gasteiger partial charge in [-0.2, -0.15) is 39.5 Å². The molecule has 0 aromatic carbocycles. The monoisotopic (exact) mass is 1630 g/mol. The molecule has 0 unspecified atom stereocenters. The highest BCUT2D eigenvalue weighted by Gasteiger charge is 2.35. The highest BCUT2D eigenvalue weighted by molar-refractivity contribution is 9.10. The van der Waals surface area contributed by atoms with E-state index in [4.69, 9.17) is 11.6 Å². The standard InChI is InChI=1S/C12H17N.C11H17N.3C10H12F3N.2C10H15N.C9H12BrN.C9H12ClN/c1-12(2,3)11-8-10(6-7-13-11)9-4-5-9;1-5-9-6-7-12-10(8-9)11(2,3)4;1-9(2,3)8-6-7(4-5-14-8)10(11,12)13;1-9(2,3)8-5-4-7(6-14-8)10(11,12)13;1-9(2,3)7-5-4-6-8(14-7)10(11,12)13;1-8-5-6-11-9(7-8)10(2,3)4;1-8-6-5-7-9(11-8)10(2,3)4;2*1-9(2,3)8-6-7(10)4-5-11-8/h6-9H,4-5H2,1-3H3;6-8H,5H2,1-4H3;3*4-6H,1-3H3;2*5-7H,1-4H3;2*4-6H,1-3H3. The van der Waals surface area contributed by atoms with Crippen LogP contribution in [-0.4, -0.2) is 44.9 Å². The molecule has 0 spiro atoms. The zero-order valence-corrected chi connectivity index (χ0v) is 73.8. The Hall–Kier alpha value is -7.51. The van der Waals surface area contributed by atoms with Gasteiger partial charge >= 0.3 is 18.5 Å². The van der Waals surface area contributed by atoms with Gasteiger partial charge in [0.05, 0.1) is 11.1 Å². The van der Waals surface area contributed by atoms with Crippen LogP contribution >= 0.6 is 27.5 Å². The van der Waals surface area contributed by atoms with Crippen LogP contribution in [0.1, 0.15) is 303 Å². The fourth-order valence-corrected chi connectivity index (χ4v) is 9.70. The normalized spacial score (nSPS) is 12.8. The zero-order chi connectivity index (χ0) is 85.5. The molecule has 0 aliphatic heterocycles. The van der Waals surface area contributed by atoms with Gasteiger partial charge in [0.1, 0.15) is 5.69 Å². The van der Waals surface area contributed by atoms with Crippen LogP contribution in [0.25, 0.3) is 0 Å². The molecule has 1 saturated carbocycles. The Morgan fingerprint density at radius 1 is 0.333 bits per heavy atom. The number of hydrogen-bond acceptors (Lipinski definition) is 9. The first-order valence-electron chi connectivity index (χ1n) is 37.4. The average Bonchev–Trinajstić information content (AvgIpc) is 1.79. The van der Waals surface area contributed by atoms with E-state index in [1.54, 1.807) is 18.3 Å². The van der Waals surface area contributed by atoms with E-state index in [1.807, 2.05) is 118 Å². The predicted octanol–water partition coefficient (Wildman–Crippen LogP) is 27.9. The van der Waals surface area contributed by atoms with E-state index in [0.29, 0.717) is 17.1 Å². The van der Waals surface area contributed by atoms with E-state index in [9.17, 15) is 39.5 Å². The molecule has 9 aromatic heterocycles. The second-order valence-electron chi connectivity index (χ2n) is 36.8. The Morgan fingerprint density at radius 2 is 0.703 bits per heavy atom. The second kappa shape index (κ2) is 41.0. The van der Waals surface area contributed by atoms with Crippen LogP contribution in [0.5, 0.6) is 0 Å². The van der Waals surface area contributed by atoms with Gasteiger partial charge in [-0.3, -0.25) is 39.9 Å². The third kappa shape index (κ3) is 38.7. The Balaban J connectivity index is 0.000000425. The van der Waals surface area contributed by atoms with Crippen LogP contribution in [0.4, 0.5) is 39.5 Å². The number of aromatic nitrogens is 9. The first kappa shape index (κ1) is 99.6. The first-order chi connectivity index (χ1) is 50.2. The number of rotatable bonds is 2. The Morgan fingerprint density at radius 3 is 1.05 bits per heavy atom. The average molecular weight is 1630 g/mol. The van der Waals surface area contributed by atoms with Gasteiger partial charge < -0.3 is 0 Å². The molecule has 0 amide bonds. The molecule has 9 nitrogen and oxygen atoms in total. The molecule has 1 aliphatic carbocycles. The van der Waals surface area contributed by atoms with Gasteiger partial charge in [0, 0.05) is 159 Å². The summed E-state index contributed by atoms with van der Waals surface area (Å²) in [5.74, 6) is 0.837. The summed E-state index contributed by atoms with van der Waals surface area (Å²) in [6.07, 6.45) is 2.24. The maximum Gasteiger partial charge on any atom is 0.433 e. The Labute approximate surface area is 672 Å². The molecule has 9 heterocycles. The quantitative estimate of drug-likeness (QED) is 0.156. The maximum atomic E-state index is 12.3. The van der Waals surface area contributed by atoms with Crippen LogP contribution in [0.3, 0.4) is 0 Å². The van der Waals surface area contributed by atoms with Gasteiger partial charge in [0.2, 0.25) is 0 Å². The van der Waals surface area contributed by atoms with Crippen LogP contribution in [0.2, 0.25) is 5.02 Å². The van der Waals surface area contributed by atoms with Gasteiger partial charge in [-0.25, -0.2) is 4.98 Å². The summed E-state index contributed by atoms with van der Waals surface area (Å²) in [4.78, 5) is 37.4. The third-order valence-corrected chi connectivity index (χ3v) is 17.2. The second-order valence-corrected chi connectivity index (χ2v) is 38.1. The van der Waals surface area contributed by atoms with Gasteiger partial charge in [0.25, 0.3) is 0 Å². The lowest BCUT2D eigenvalue weighted by Crippen LogP contribution is -2.17. The molecule has 0 radical (unpaired) electrons. The molecule has 0 N–H and O–H groups in total. The van der Waals surface area contributed by atoms with Crippen molar-refractivity contribution >= 4 is 27.5 Å². The van der Waals surface area contributed by atoms with Crippen molar-refractivity contribution in [2.75, 3.05) is 0 Å². The number of aryl methyl sites for hydroxylation is 3. The lowest BCUT2D eigenvalue weighted by Gasteiger charge is -2.18. The molecule has 20 heteroatoms. The Kier molecular flexibility index (Phi) is 36.8. The van der Waals surface area contributed by atoms with Crippen molar-refractivity contribution < 1.29 is 39.5 Å². The minimum absolute atomic E-state index is 0.0882. The molecule has 10 rings (SSSR count). The van der Waals surface area contributed by atoms with Crippen molar-refractivity contribution in [3.63, 3.8) is 0 Å². The van der Waals surface area contributed by atoms with Crippen LogP contribution < -0.4 is 0 Å². The minimum atomic E-state index is -4.36. The van der Waals surface area contributed by atoms with E-state index in [-0.39, 0.29) is 48.7 Å². The Bertz CT molecular complexity index is 3880. The molecule has 610 valence electrons. The van der Waals surface area contributed by atoms with Crippen molar-refractivity contribution in [2.45, 2.75) is 300 Å². The SMILES string of the molecule is CC(C)(C)c1cc(Br)ccn1.CC(C)(C)c1cc(C(F)(F)F)ccn1.CC(C)(C)c1cc(C2CC2)ccn1.CC(C)(C)c1cc(Cl)ccn1.CC(C)(C)c1ccc(C(F)(F)F)cn1.CC(C)(C)c1cccc(C(F)(F)F)n1.CCc1ccnc(C(C)(C)C)c1.Cc1cccc(C(C)(C)C)n1.Cc1ccnc(C(C)(C)C)c1. The summed E-state index contributed by atoms with van der Waals surface area (Å²) in [5, 5.41) is 0.755. The fraction of sp³-hybridized carbons (Fsp3) is 0.505. The summed E-state index contributed by atoms with van der Waals surface area (Å²) in [6.45, 7) is 62.1. The molecular weight excluding hydrogens is 1510 g/mol. The van der Waals surface area contributed by atoms with Crippen LogP contribution in [-0.2, 0) is 73.7 Å². The van der Waals surface area contributed by atoms with E-state index < -0.39 is 35.3 Å². The van der Waals surface area contributed by atoms with Crippen LogP contribution in [0, 0.1) is 13.8 Å². The molecule has 9 aromatic rings. The van der Waals surface area contributed by atoms with Crippen molar-refractivity contribution in [2.24, 2.45) is 0 Å². The van der Waals surface area contributed by atoms with E-state index in [0.717, 1.165) is 80.8 Å². The van der Waals surface area contributed by atoms with E-state index >= 15 is 0 Å². The zero-order valence-electron chi connectivity index (χ0n) is 71.5. The first-order valence-corrected chi connectivity index (χ1v) is 38.6. The van der Waals surface area contributed by atoms with Crippen LogP contribution in [0.15, 0.2) is 169 Å². The highest BCUT2D eigenvalue weighted by atomic mass is 79.9. The summed E-state index contributed by atoms with van der Waals surface area (Å²) in [5.41, 5.74) is 11.5. The molecule has 0 atom stereocenters. The lowest BCUT2D eigenvalue weighted by atomic mass is 9.90. The molecular formula is C91H124BrClF9N9. The number of halogens is 11. The lowest BCUT2D eigenvalue weighted by molar-refractivity contribution is -0.141. The molecule has 0 bridgehead atoms. The van der Waals surface area contributed by atoms with Gasteiger partial charge in [-0.15, -0.1) is 0 Å². The highest BCUT2D eigenvalue weighted by Crippen LogP contribution is 2.41. The predicted molar refractivity (Wildman–Crippen MR) is 445 cm³/mol. The fourth-order valence-electron chi connectivity index (χ4n) is 9.20. The van der Waals surface area contributed by atoms with Gasteiger partial charge in [-0.1, -0.05) is 234 Å². The topological polar surface area (TPSA) is 116 Å². The van der Waals surface area contributed by atoms with Crippen molar-refractivity contribution in [1.29, 1.82) is 0 Å². The maximum absolute atomic E-state index is 12.3. The molecule has 111 heavy (non-hydrogen) atoms. The van der Waals surface area contributed by atoms with Crippen molar-refractivity contribution in [3.05, 3.63) is 265 Å². The van der Waals surface area contributed by atoms with E-state index in [1.165, 1.54) is 59.2 Å². The number of alkyl halides is 9. The largest absolute Gasteiger partial charge is 0.433 e. The molecule has 1 aliphatic rings. The van der Waals surface area contributed by atoms with Gasteiger partial charge in [0.15, 0.2) is 0 Å². The third-order valence-electron chi connectivity index (χ3n) is 16.4. The number of hydrogen-bond donors (Lipinski definition) is 0. The summed E-state index contributed by atoms with van der Waals surface area (Å²) < 4.78 is 111. The number of pyridine rings is 9. The molecule has 0 saturated heterocycles. The smallest absolute Gasteiger partial charge is 0.261 e. The summed E-state index contributed by atoms with van der Waals surface area (Å²) >= 11 is 9.23. The summed E-state index contributed by atoms with van der Waals surface area (Å²) in [6, 6.07) is 35.3. The number of nitrogens with zero attached hydrogens (tertiary/aromatic N) is 9. The van der Waals surface area contributed by atoms with Gasteiger partial charge in [-0.05, 0) is 165 Å². The van der Waals surface area contributed by atoms with E-state index in [2.05, 4.69) is 248 Å². The summed E-state index contributed by atoms with van der Waals surface area (Å²) in [7, 11) is 0. The van der Waals surface area contributed by atoms with Crippen molar-refractivity contribution in [1.82, 2.24) is 44.9 Å². The minimum Gasteiger partial charge on any atom is -0.261 e.